The maximum Gasteiger partial charge on any atom is 0.337 e. The highest BCUT2D eigenvalue weighted by molar-refractivity contribution is 5.89. The molecule has 1 aromatic heterocycles. The first-order chi connectivity index (χ1) is 12.7. The number of methoxy groups -OCH3 is 1. The molecule has 0 aliphatic rings. The van der Waals surface area contributed by atoms with Crippen LogP contribution in [0, 0.1) is 0 Å². The lowest BCUT2D eigenvalue weighted by Crippen LogP contribution is -2.25. The van der Waals surface area contributed by atoms with Crippen molar-refractivity contribution >= 4 is 5.97 Å². The van der Waals surface area contributed by atoms with Gasteiger partial charge in [0, 0.05) is 5.56 Å². The molecule has 0 radical (unpaired) electrons. The van der Waals surface area contributed by atoms with Crippen molar-refractivity contribution in [2.45, 2.75) is 12.6 Å². The largest absolute Gasteiger partial charge is 0.491 e. The smallest absolute Gasteiger partial charge is 0.337 e. The van der Waals surface area contributed by atoms with Crippen LogP contribution in [-0.4, -0.2) is 51.1 Å². The van der Waals surface area contributed by atoms with E-state index >= 15 is 0 Å². The van der Waals surface area contributed by atoms with Crippen LogP contribution in [-0.2, 0) is 11.3 Å². The maximum absolute atomic E-state index is 11.4. The fourth-order valence-electron chi connectivity index (χ4n) is 2.26. The van der Waals surface area contributed by atoms with E-state index in [0.29, 0.717) is 17.1 Å². The molecule has 1 N–H and O–H groups in total. The molecule has 134 valence electrons. The lowest BCUT2D eigenvalue weighted by atomic mass is 10.2. The highest BCUT2D eigenvalue weighted by Gasteiger charge is 2.11. The topological polar surface area (TPSA) is 99.4 Å². The Morgan fingerprint density at radius 3 is 2.58 bits per heavy atom. The van der Waals surface area contributed by atoms with Gasteiger partial charge in [-0.15, -0.1) is 10.2 Å². The van der Waals surface area contributed by atoms with E-state index in [2.05, 4.69) is 20.1 Å². The molecule has 0 bridgehead atoms. The summed E-state index contributed by atoms with van der Waals surface area (Å²) in [4.78, 5) is 12.7. The van der Waals surface area contributed by atoms with Gasteiger partial charge < -0.3 is 14.6 Å². The molecule has 3 rings (SSSR count). The predicted molar refractivity (Wildman–Crippen MR) is 92.5 cm³/mol. The van der Waals surface area contributed by atoms with E-state index in [9.17, 15) is 9.90 Å². The first-order valence-electron chi connectivity index (χ1n) is 7.98. The van der Waals surface area contributed by atoms with Gasteiger partial charge >= 0.3 is 5.97 Å². The van der Waals surface area contributed by atoms with Gasteiger partial charge in [0.15, 0.2) is 0 Å². The van der Waals surface area contributed by atoms with Crippen molar-refractivity contribution in [2.75, 3.05) is 13.7 Å². The number of nitrogens with zero attached hydrogens (tertiary/aromatic N) is 4. The van der Waals surface area contributed by atoms with Crippen LogP contribution in [0.25, 0.3) is 11.4 Å². The summed E-state index contributed by atoms with van der Waals surface area (Å²) in [6.45, 7) is 0.208. The lowest BCUT2D eigenvalue weighted by molar-refractivity contribution is 0.0600. The molecule has 2 aromatic carbocycles. The number of aliphatic hydroxyl groups is 1. The van der Waals surface area contributed by atoms with Gasteiger partial charge in [0.25, 0.3) is 0 Å². The third-order valence-electron chi connectivity index (χ3n) is 3.58. The van der Waals surface area contributed by atoms with Crippen LogP contribution in [0.5, 0.6) is 5.75 Å². The van der Waals surface area contributed by atoms with Crippen LogP contribution in [0.3, 0.4) is 0 Å². The number of ether oxygens (including phenoxy) is 2. The third kappa shape index (κ3) is 4.42. The quantitative estimate of drug-likeness (QED) is 0.643. The second-order valence-corrected chi connectivity index (χ2v) is 5.51. The maximum atomic E-state index is 11.4. The Hall–Kier alpha value is -3.26. The van der Waals surface area contributed by atoms with Gasteiger partial charge in [0.2, 0.25) is 5.82 Å². The zero-order chi connectivity index (χ0) is 18.4. The molecule has 0 aliphatic carbocycles. The van der Waals surface area contributed by atoms with Crippen LogP contribution in [0.2, 0.25) is 0 Å². The van der Waals surface area contributed by atoms with Crippen molar-refractivity contribution in [2.24, 2.45) is 0 Å². The van der Waals surface area contributed by atoms with Gasteiger partial charge in [-0.3, -0.25) is 0 Å². The predicted octanol–water partition coefficient (Wildman–Crippen LogP) is 1.57. The summed E-state index contributed by atoms with van der Waals surface area (Å²) in [6, 6.07) is 15.9. The Morgan fingerprint density at radius 2 is 1.88 bits per heavy atom. The summed E-state index contributed by atoms with van der Waals surface area (Å²) < 4.78 is 10.1. The van der Waals surface area contributed by atoms with Gasteiger partial charge in [-0.2, -0.15) is 4.80 Å². The van der Waals surface area contributed by atoms with Crippen LogP contribution < -0.4 is 4.74 Å². The zero-order valence-corrected chi connectivity index (χ0v) is 14.1. The van der Waals surface area contributed by atoms with Gasteiger partial charge in [0.05, 0.1) is 19.2 Å². The van der Waals surface area contributed by atoms with Crippen LogP contribution in [0.15, 0.2) is 54.6 Å². The molecule has 0 saturated carbocycles. The monoisotopic (exact) mass is 354 g/mol. The van der Waals surface area contributed by atoms with Crippen molar-refractivity contribution in [1.82, 2.24) is 20.2 Å². The minimum Gasteiger partial charge on any atom is -0.491 e. The Morgan fingerprint density at radius 1 is 1.15 bits per heavy atom. The number of rotatable bonds is 7. The number of hydrogen-bond acceptors (Lipinski definition) is 7. The number of tetrazole rings is 1. The number of hydrogen-bond donors (Lipinski definition) is 1. The molecule has 8 nitrogen and oxygen atoms in total. The highest BCUT2D eigenvalue weighted by atomic mass is 16.5. The SMILES string of the molecule is COC(=O)c1ccc(OC[C@@H](O)Cn2nnc(-c3ccccc3)n2)cc1. The van der Waals surface area contributed by atoms with E-state index < -0.39 is 12.1 Å². The fourth-order valence-corrected chi connectivity index (χ4v) is 2.26. The number of aliphatic hydroxyl groups excluding tert-OH is 1. The van der Waals surface area contributed by atoms with Gasteiger partial charge in [0.1, 0.15) is 18.5 Å². The Labute approximate surface area is 150 Å². The summed E-state index contributed by atoms with van der Waals surface area (Å²) in [7, 11) is 1.32. The van der Waals surface area contributed by atoms with Gasteiger partial charge in [-0.25, -0.2) is 4.79 Å². The molecule has 0 spiro atoms. The van der Waals surface area contributed by atoms with Crippen LogP contribution in [0.1, 0.15) is 10.4 Å². The molecule has 26 heavy (non-hydrogen) atoms. The minimum absolute atomic E-state index is 0.0553. The van der Waals surface area contributed by atoms with E-state index in [1.165, 1.54) is 11.9 Å². The summed E-state index contributed by atoms with van der Waals surface area (Å²) in [6.07, 6.45) is -0.812. The second-order valence-electron chi connectivity index (χ2n) is 5.51. The summed E-state index contributed by atoms with van der Waals surface area (Å²) >= 11 is 0. The molecule has 1 heterocycles. The Kier molecular flexibility index (Phi) is 5.55. The number of carbonyl (C=O) groups is 1. The van der Waals surface area contributed by atoms with Crippen LogP contribution in [0.4, 0.5) is 0 Å². The summed E-state index contributed by atoms with van der Waals surface area (Å²) in [5, 5.41) is 22.3. The normalized spacial score (nSPS) is 11.8. The molecule has 0 aliphatic heterocycles. The van der Waals surface area contributed by atoms with E-state index in [-0.39, 0.29) is 13.2 Å². The summed E-state index contributed by atoms with van der Waals surface area (Å²) in [5.41, 5.74) is 1.29. The average Bonchev–Trinajstić information content (AvgIpc) is 3.15. The Balaban J connectivity index is 1.52. The van der Waals surface area contributed by atoms with Crippen molar-refractivity contribution in [3.8, 4) is 17.1 Å². The van der Waals surface area contributed by atoms with E-state index in [1.807, 2.05) is 30.3 Å². The zero-order valence-electron chi connectivity index (χ0n) is 14.1. The van der Waals surface area contributed by atoms with E-state index in [0.717, 1.165) is 5.56 Å². The van der Waals surface area contributed by atoms with E-state index in [4.69, 9.17) is 4.74 Å². The molecule has 3 aromatic rings. The van der Waals surface area contributed by atoms with Crippen molar-refractivity contribution in [1.29, 1.82) is 0 Å². The van der Waals surface area contributed by atoms with Crippen LogP contribution >= 0.6 is 0 Å². The molecular weight excluding hydrogens is 336 g/mol. The average molecular weight is 354 g/mol. The molecule has 8 heteroatoms. The number of aromatic nitrogens is 4. The van der Waals surface area contributed by atoms with Gasteiger partial charge in [-0.1, -0.05) is 30.3 Å². The first kappa shape index (κ1) is 17.6. The molecule has 0 saturated heterocycles. The van der Waals surface area contributed by atoms with Crippen molar-refractivity contribution in [3.05, 3.63) is 60.2 Å². The molecular formula is C18H18N4O4. The number of carbonyl (C=O) groups excluding carboxylic acids is 1. The van der Waals surface area contributed by atoms with Crippen molar-refractivity contribution in [3.63, 3.8) is 0 Å². The summed E-state index contributed by atoms with van der Waals surface area (Å²) in [5.74, 6) is 0.619. The standard InChI is InChI=1S/C18H18N4O4/c1-25-18(24)14-7-9-16(10-8-14)26-12-15(23)11-22-20-17(19-21-22)13-5-3-2-4-6-13/h2-10,15,23H,11-12H2,1H3/t15-/m0/s1. The van der Waals surface area contributed by atoms with Crippen molar-refractivity contribution < 1.29 is 19.4 Å². The fraction of sp³-hybridized carbons (Fsp3) is 0.222. The highest BCUT2D eigenvalue weighted by Crippen LogP contribution is 2.14. The Bertz CT molecular complexity index is 849. The number of esters is 1. The lowest BCUT2D eigenvalue weighted by Gasteiger charge is -2.11. The molecule has 1 atom stereocenters. The molecule has 0 fully saturated rings. The van der Waals surface area contributed by atoms with Gasteiger partial charge in [-0.05, 0) is 29.5 Å². The number of benzene rings is 2. The third-order valence-corrected chi connectivity index (χ3v) is 3.58. The molecule has 0 amide bonds. The molecule has 0 unspecified atom stereocenters. The first-order valence-corrected chi connectivity index (χ1v) is 7.98. The minimum atomic E-state index is -0.812. The van der Waals surface area contributed by atoms with E-state index in [1.54, 1.807) is 24.3 Å². The second kappa shape index (κ2) is 8.21.